The van der Waals surface area contributed by atoms with E-state index in [1.54, 1.807) is 6.08 Å². The Morgan fingerprint density at radius 2 is 1.94 bits per heavy atom. The minimum atomic E-state index is -0.113. The molecule has 0 spiro atoms. The molecule has 1 aromatic carbocycles. The maximum Gasteiger partial charge on any atom is 0.306 e. The molecular weight excluding hydrogens is 224 g/mol. The molecule has 0 bridgehead atoms. The van der Waals surface area contributed by atoms with Crippen LogP contribution in [0.4, 0.5) is 0 Å². The molecule has 0 aliphatic rings. The van der Waals surface area contributed by atoms with Crippen LogP contribution >= 0.6 is 0 Å². The van der Waals surface area contributed by atoms with Crippen molar-refractivity contribution in [2.45, 2.75) is 38.5 Å². The van der Waals surface area contributed by atoms with Crippen molar-refractivity contribution in [3.05, 3.63) is 48.6 Å². The van der Waals surface area contributed by atoms with Crippen LogP contribution in [0.25, 0.3) is 0 Å². The van der Waals surface area contributed by atoms with Crippen molar-refractivity contribution >= 4 is 5.97 Å². The highest BCUT2D eigenvalue weighted by atomic mass is 16.5. The molecular formula is C16H22O2. The maximum absolute atomic E-state index is 11.2. The average Bonchev–Trinajstić information content (AvgIpc) is 2.41. The van der Waals surface area contributed by atoms with Gasteiger partial charge in [-0.3, -0.25) is 4.79 Å². The summed E-state index contributed by atoms with van der Waals surface area (Å²) in [7, 11) is 0. The second kappa shape index (κ2) is 9.46. The Morgan fingerprint density at radius 1 is 1.17 bits per heavy atom. The highest BCUT2D eigenvalue weighted by Gasteiger charge is 2.00. The van der Waals surface area contributed by atoms with E-state index in [0.29, 0.717) is 19.4 Å². The van der Waals surface area contributed by atoms with E-state index in [4.69, 9.17) is 4.74 Å². The third kappa shape index (κ3) is 6.89. The third-order valence-corrected chi connectivity index (χ3v) is 2.77. The number of allylic oxidation sites excluding steroid dienone is 1. The van der Waals surface area contributed by atoms with E-state index in [1.165, 1.54) is 5.56 Å². The van der Waals surface area contributed by atoms with E-state index in [0.717, 1.165) is 25.7 Å². The first kappa shape index (κ1) is 14.5. The molecule has 0 aliphatic carbocycles. The maximum atomic E-state index is 11.2. The van der Waals surface area contributed by atoms with E-state index in [9.17, 15) is 4.79 Å². The summed E-state index contributed by atoms with van der Waals surface area (Å²) in [5.74, 6) is -0.113. The lowest BCUT2D eigenvalue weighted by molar-refractivity contribution is -0.143. The molecule has 0 radical (unpaired) electrons. The van der Waals surface area contributed by atoms with Crippen molar-refractivity contribution in [1.29, 1.82) is 0 Å². The van der Waals surface area contributed by atoms with Crippen LogP contribution in [-0.4, -0.2) is 12.6 Å². The standard InChI is InChI=1S/C16H22O2/c1-2-3-13-16(17)18-14-9-5-8-12-15-10-6-4-7-11-15/h2,4,6-7,10-11H,1,3,5,8-9,12-14H2. The van der Waals surface area contributed by atoms with Gasteiger partial charge in [0.2, 0.25) is 0 Å². The van der Waals surface area contributed by atoms with E-state index in [2.05, 4.69) is 30.8 Å². The number of carbonyl (C=O) groups excluding carboxylic acids is 1. The van der Waals surface area contributed by atoms with Crippen LogP contribution < -0.4 is 0 Å². The average molecular weight is 246 g/mol. The molecule has 18 heavy (non-hydrogen) atoms. The largest absolute Gasteiger partial charge is 0.466 e. The molecule has 0 unspecified atom stereocenters. The number of rotatable bonds is 9. The Balaban J connectivity index is 1.96. The molecule has 0 heterocycles. The van der Waals surface area contributed by atoms with Crippen molar-refractivity contribution in [2.75, 3.05) is 6.61 Å². The van der Waals surface area contributed by atoms with Gasteiger partial charge >= 0.3 is 5.97 Å². The van der Waals surface area contributed by atoms with Gasteiger partial charge in [0.25, 0.3) is 0 Å². The fraction of sp³-hybridized carbons (Fsp3) is 0.438. The van der Waals surface area contributed by atoms with Gasteiger partial charge in [0.1, 0.15) is 0 Å². The molecule has 2 nitrogen and oxygen atoms in total. The summed E-state index contributed by atoms with van der Waals surface area (Å²) in [5, 5.41) is 0. The van der Waals surface area contributed by atoms with Gasteiger partial charge in [0, 0.05) is 6.42 Å². The molecule has 2 heteroatoms. The summed E-state index contributed by atoms with van der Waals surface area (Å²) in [4.78, 5) is 11.2. The molecule has 0 amide bonds. The lowest BCUT2D eigenvalue weighted by Crippen LogP contribution is -2.05. The second-order valence-electron chi connectivity index (χ2n) is 4.34. The molecule has 98 valence electrons. The third-order valence-electron chi connectivity index (χ3n) is 2.77. The van der Waals surface area contributed by atoms with Crippen LogP contribution in [0.1, 0.15) is 37.7 Å². The monoisotopic (exact) mass is 246 g/mol. The van der Waals surface area contributed by atoms with Crippen LogP contribution in [0.5, 0.6) is 0 Å². The number of hydrogen-bond donors (Lipinski definition) is 0. The van der Waals surface area contributed by atoms with Gasteiger partial charge in [0.15, 0.2) is 0 Å². The number of benzene rings is 1. The smallest absolute Gasteiger partial charge is 0.306 e. The van der Waals surface area contributed by atoms with Gasteiger partial charge in [-0.25, -0.2) is 0 Å². The molecule has 0 aromatic heterocycles. The first-order valence-electron chi connectivity index (χ1n) is 6.63. The molecule has 0 N–H and O–H groups in total. The van der Waals surface area contributed by atoms with E-state index in [-0.39, 0.29) is 5.97 Å². The number of carbonyl (C=O) groups is 1. The number of ether oxygens (including phenoxy) is 1. The van der Waals surface area contributed by atoms with Gasteiger partial charge in [-0.15, -0.1) is 6.58 Å². The van der Waals surface area contributed by atoms with Crippen molar-refractivity contribution in [2.24, 2.45) is 0 Å². The van der Waals surface area contributed by atoms with Gasteiger partial charge in [-0.2, -0.15) is 0 Å². The number of hydrogen-bond acceptors (Lipinski definition) is 2. The van der Waals surface area contributed by atoms with Crippen molar-refractivity contribution < 1.29 is 9.53 Å². The Morgan fingerprint density at radius 3 is 2.67 bits per heavy atom. The number of aryl methyl sites for hydroxylation is 1. The zero-order valence-electron chi connectivity index (χ0n) is 10.9. The van der Waals surface area contributed by atoms with E-state index >= 15 is 0 Å². The SMILES string of the molecule is C=CCCC(=O)OCCCCCc1ccccc1. The zero-order valence-corrected chi connectivity index (χ0v) is 10.9. The van der Waals surface area contributed by atoms with Crippen LogP contribution in [-0.2, 0) is 16.0 Å². The highest BCUT2D eigenvalue weighted by molar-refractivity contribution is 5.69. The summed E-state index contributed by atoms with van der Waals surface area (Å²) in [6, 6.07) is 10.5. The van der Waals surface area contributed by atoms with E-state index in [1.807, 2.05) is 6.07 Å². The molecule has 0 saturated heterocycles. The number of esters is 1. The van der Waals surface area contributed by atoms with Crippen molar-refractivity contribution in [3.8, 4) is 0 Å². The topological polar surface area (TPSA) is 26.3 Å². The van der Waals surface area contributed by atoms with Crippen molar-refractivity contribution in [3.63, 3.8) is 0 Å². The normalized spacial score (nSPS) is 10.0. The predicted molar refractivity (Wildman–Crippen MR) is 74.4 cm³/mol. The zero-order chi connectivity index (χ0) is 13.1. The molecule has 1 aromatic rings. The Labute approximate surface area is 110 Å². The Hall–Kier alpha value is -1.57. The van der Waals surface area contributed by atoms with Crippen LogP contribution in [0.3, 0.4) is 0 Å². The fourth-order valence-corrected chi connectivity index (χ4v) is 1.73. The van der Waals surface area contributed by atoms with Crippen LogP contribution in [0, 0.1) is 0 Å². The van der Waals surface area contributed by atoms with Gasteiger partial charge in [0.05, 0.1) is 6.61 Å². The Bertz CT molecular complexity index is 343. The summed E-state index contributed by atoms with van der Waals surface area (Å²) in [5.41, 5.74) is 1.38. The lowest BCUT2D eigenvalue weighted by atomic mass is 10.1. The van der Waals surface area contributed by atoms with Gasteiger partial charge in [-0.1, -0.05) is 36.4 Å². The predicted octanol–water partition coefficient (Wildman–Crippen LogP) is 3.91. The first-order chi connectivity index (χ1) is 8.83. The second-order valence-corrected chi connectivity index (χ2v) is 4.34. The summed E-state index contributed by atoms with van der Waals surface area (Å²) < 4.78 is 5.11. The summed E-state index contributed by atoms with van der Waals surface area (Å²) in [6.45, 7) is 4.12. The van der Waals surface area contributed by atoms with Gasteiger partial charge < -0.3 is 4.74 Å². The summed E-state index contributed by atoms with van der Waals surface area (Å²) >= 11 is 0. The molecule has 0 aliphatic heterocycles. The molecule has 1 rings (SSSR count). The van der Waals surface area contributed by atoms with Crippen LogP contribution in [0.15, 0.2) is 43.0 Å². The molecule has 0 fully saturated rings. The van der Waals surface area contributed by atoms with Crippen molar-refractivity contribution in [1.82, 2.24) is 0 Å². The number of unbranched alkanes of at least 4 members (excludes halogenated alkanes) is 2. The summed E-state index contributed by atoms with van der Waals surface area (Å²) in [6.07, 6.45) is 7.19. The minimum absolute atomic E-state index is 0.113. The molecule has 0 atom stereocenters. The minimum Gasteiger partial charge on any atom is -0.466 e. The van der Waals surface area contributed by atoms with Gasteiger partial charge in [-0.05, 0) is 37.7 Å². The van der Waals surface area contributed by atoms with E-state index < -0.39 is 0 Å². The quantitative estimate of drug-likeness (QED) is 0.375. The Kier molecular flexibility index (Phi) is 7.61. The highest BCUT2D eigenvalue weighted by Crippen LogP contribution is 2.06. The first-order valence-corrected chi connectivity index (χ1v) is 6.63. The van der Waals surface area contributed by atoms with Crippen LogP contribution in [0.2, 0.25) is 0 Å². The lowest BCUT2D eigenvalue weighted by Gasteiger charge is -2.04. The molecule has 0 saturated carbocycles. The fourth-order valence-electron chi connectivity index (χ4n) is 1.73.